The highest BCUT2D eigenvalue weighted by Gasteiger charge is 2.55. The number of ether oxygens (including phenoxy) is 2. The van der Waals surface area contributed by atoms with Gasteiger partial charge in [0.05, 0.1) is 24.2 Å². The van der Waals surface area contributed by atoms with E-state index in [9.17, 15) is 5.11 Å². The fourth-order valence-electron chi connectivity index (χ4n) is 3.39. The van der Waals surface area contributed by atoms with Gasteiger partial charge in [-0.05, 0) is 31.6 Å². The first-order valence-electron chi connectivity index (χ1n) is 5.76. The second-order valence-electron chi connectivity index (χ2n) is 5.14. The molecule has 1 aliphatic heterocycles. The van der Waals surface area contributed by atoms with Crippen LogP contribution in [0.1, 0.15) is 19.8 Å². The molecule has 7 atom stereocenters. The van der Waals surface area contributed by atoms with Crippen LogP contribution in [0.15, 0.2) is 0 Å². The highest BCUT2D eigenvalue weighted by atomic mass is 35.5. The molecule has 0 radical (unpaired) electrons. The summed E-state index contributed by atoms with van der Waals surface area (Å²) in [7, 11) is 0. The predicted octanol–water partition coefficient (Wildman–Crippen LogP) is 1.37. The average molecular weight is 233 g/mol. The van der Waals surface area contributed by atoms with Gasteiger partial charge >= 0.3 is 0 Å². The fourth-order valence-corrected chi connectivity index (χ4v) is 3.78. The summed E-state index contributed by atoms with van der Waals surface area (Å²) >= 11 is 6.13. The molecule has 15 heavy (non-hydrogen) atoms. The van der Waals surface area contributed by atoms with Crippen molar-refractivity contribution in [3.05, 3.63) is 0 Å². The van der Waals surface area contributed by atoms with Crippen LogP contribution >= 0.6 is 11.6 Å². The van der Waals surface area contributed by atoms with E-state index in [1.807, 2.05) is 6.92 Å². The zero-order valence-electron chi connectivity index (χ0n) is 8.80. The molecule has 0 aromatic carbocycles. The predicted molar refractivity (Wildman–Crippen MR) is 55.6 cm³/mol. The Labute approximate surface area is 94.7 Å². The van der Waals surface area contributed by atoms with E-state index in [1.54, 1.807) is 0 Å². The first-order valence-corrected chi connectivity index (χ1v) is 6.19. The molecule has 2 aliphatic carbocycles. The highest BCUT2D eigenvalue weighted by molar-refractivity contribution is 6.21. The van der Waals surface area contributed by atoms with E-state index in [1.165, 1.54) is 0 Å². The Bertz CT molecular complexity index is 258. The maximum atomic E-state index is 9.94. The molecule has 0 amide bonds. The first kappa shape index (κ1) is 10.3. The average Bonchev–Trinajstić information content (AvgIpc) is 2.85. The fraction of sp³-hybridized carbons (Fsp3) is 1.00. The SMILES string of the molecule is C[C@@H]1CO[C@H]([C@@H]2C[C@H]3C[C@H]2[C@@H](O)[C@H]3Cl)O1. The minimum absolute atomic E-state index is 0.0509. The summed E-state index contributed by atoms with van der Waals surface area (Å²) in [5.41, 5.74) is 0. The number of aliphatic hydroxyl groups is 1. The molecule has 1 N–H and O–H groups in total. The quantitative estimate of drug-likeness (QED) is 0.694. The van der Waals surface area contributed by atoms with Crippen molar-refractivity contribution < 1.29 is 14.6 Å². The van der Waals surface area contributed by atoms with Gasteiger partial charge in [0.15, 0.2) is 6.29 Å². The monoisotopic (exact) mass is 232 g/mol. The van der Waals surface area contributed by atoms with Gasteiger partial charge in [-0.25, -0.2) is 0 Å². The topological polar surface area (TPSA) is 38.7 Å². The normalized spacial score (nSPS) is 59.0. The van der Waals surface area contributed by atoms with Crippen LogP contribution in [0, 0.1) is 17.8 Å². The summed E-state index contributed by atoms with van der Waals surface area (Å²) in [6.45, 7) is 2.70. The van der Waals surface area contributed by atoms with Crippen molar-refractivity contribution in [2.75, 3.05) is 6.61 Å². The number of hydrogen-bond donors (Lipinski definition) is 1. The van der Waals surface area contributed by atoms with Crippen LogP contribution in [-0.2, 0) is 9.47 Å². The summed E-state index contributed by atoms with van der Waals surface area (Å²) in [5.74, 6) is 1.09. The number of hydrogen-bond acceptors (Lipinski definition) is 3. The van der Waals surface area contributed by atoms with Crippen LogP contribution in [0.4, 0.5) is 0 Å². The molecule has 2 saturated carbocycles. The molecular formula is C11H17ClO3. The molecule has 0 spiro atoms. The van der Waals surface area contributed by atoms with E-state index in [0.29, 0.717) is 18.4 Å². The third-order valence-corrected chi connectivity index (χ3v) is 4.74. The maximum absolute atomic E-state index is 9.94. The lowest BCUT2D eigenvalue weighted by Crippen LogP contribution is -2.39. The van der Waals surface area contributed by atoms with Crippen LogP contribution in [0.25, 0.3) is 0 Å². The van der Waals surface area contributed by atoms with Gasteiger partial charge in [0.25, 0.3) is 0 Å². The molecule has 0 aromatic rings. The largest absolute Gasteiger partial charge is 0.391 e. The Morgan fingerprint density at radius 1 is 1.27 bits per heavy atom. The van der Waals surface area contributed by atoms with E-state index in [4.69, 9.17) is 21.1 Å². The third kappa shape index (κ3) is 1.52. The number of alkyl halides is 1. The summed E-state index contributed by atoms with van der Waals surface area (Å²) in [6.07, 6.45) is 1.82. The van der Waals surface area contributed by atoms with E-state index in [-0.39, 0.29) is 29.8 Å². The molecule has 3 nitrogen and oxygen atoms in total. The van der Waals surface area contributed by atoms with Gasteiger partial charge in [0.2, 0.25) is 0 Å². The zero-order valence-corrected chi connectivity index (χ0v) is 9.56. The summed E-state index contributed by atoms with van der Waals surface area (Å²) in [5, 5.41) is 9.89. The number of halogens is 1. The number of fused-ring (bicyclic) bond motifs is 2. The Balaban J connectivity index is 1.70. The van der Waals surface area contributed by atoms with Gasteiger partial charge in [-0.3, -0.25) is 0 Å². The smallest absolute Gasteiger partial charge is 0.161 e. The van der Waals surface area contributed by atoms with Crippen LogP contribution in [-0.4, -0.2) is 35.6 Å². The van der Waals surface area contributed by atoms with Crippen molar-refractivity contribution in [1.29, 1.82) is 0 Å². The van der Waals surface area contributed by atoms with Gasteiger partial charge in [0, 0.05) is 5.92 Å². The van der Waals surface area contributed by atoms with Crippen molar-refractivity contribution in [2.24, 2.45) is 17.8 Å². The lowest BCUT2D eigenvalue weighted by Gasteiger charge is -2.32. The summed E-state index contributed by atoms with van der Waals surface area (Å²) in [6, 6.07) is 0. The lowest BCUT2D eigenvalue weighted by molar-refractivity contribution is -0.120. The zero-order chi connectivity index (χ0) is 10.6. The molecule has 86 valence electrons. The van der Waals surface area contributed by atoms with E-state index in [0.717, 1.165) is 12.8 Å². The molecule has 3 fully saturated rings. The van der Waals surface area contributed by atoms with E-state index in [2.05, 4.69) is 0 Å². The van der Waals surface area contributed by atoms with Gasteiger partial charge in [-0.2, -0.15) is 0 Å². The van der Waals surface area contributed by atoms with Crippen molar-refractivity contribution in [3.8, 4) is 0 Å². The summed E-state index contributed by atoms with van der Waals surface area (Å²) < 4.78 is 11.3. The second kappa shape index (κ2) is 3.59. The standard InChI is InChI=1S/C11H17ClO3/c1-5-4-14-11(15-5)8-3-6-2-7(8)10(13)9(6)12/h5-11,13H,2-4H2,1H3/t5-,6-,7-,8-,9+,10-,11+/m1/s1. The third-order valence-electron chi connectivity index (χ3n) is 4.13. The Kier molecular flexibility index (Phi) is 2.47. The number of rotatable bonds is 1. The lowest BCUT2D eigenvalue weighted by atomic mass is 9.86. The van der Waals surface area contributed by atoms with Gasteiger partial charge < -0.3 is 14.6 Å². The van der Waals surface area contributed by atoms with Crippen molar-refractivity contribution in [3.63, 3.8) is 0 Å². The van der Waals surface area contributed by atoms with Crippen molar-refractivity contribution >= 4 is 11.6 Å². The second-order valence-corrected chi connectivity index (χ2v) is 5.65. The van der Waals surface area contributed by atoms with Crippen LogP contribution in [0.3, 0.4) is 0 Å². The molecule has 4 heteroatoms. The van der Waals surface area contributed by atoms with Gasteiger partial charge in [0.1, 0.15) is 0 Å². The van der Waals surface area contributed by atoms with Gasteiger partial charge in [-0.15, -0.1) is 11.6 Å². The molecule has 0 aromatic heterocycles. The van der Waals surface area contributed by atoms with Gasteiger partial charge in [-0.1, -0.05) is 0 Å². The van der Waals surface area contributed by atoms with Crippen LogP contribution in [0.2, 0.25) is 0 Å². The maximum Gasteiger partial charge on any atom is 0.161 e. The van der Waals surface area contributed by atoms with E-state index < -0.39 is 0 Å². The first-order chi connectivity index (χ1) is 7.16. The molecule has 1 heterocycles. The van der Waals surface area contributed by atoms with Crippen LogP contribution in [0.5, 0.6) is 0 Å². The minimum atomic E-state index is -0.362. The number of aliphatic hydroxyl groups excluding tert-OH is 1. The summed E-state index contributed by atoms with van der Waals surface area (Å²) in [4.78, 5) is 0. The van der Waals surface area contributed by atoms with Crippen LogP contribution < -0.4 is 0 Å². The highest BCUT2D eigenvalue weighted by Crippen LogP contribution is 2.52. The van der Waals surface area contributed by atoms with E-state index >= 15 is 0 Å². The molecule has 1 saturated heterocycles. The Morgan fingerprint density at radius 3 is 2.53 bits per heavy atom. The molecular weight excluding hydrogens is 216 g/mol. The molecule has 2 bridgehead atoms. The van der Waals surface area contributed by atoms with Crippen molar-refractivity contribution in [2.45, 2.75) is 43.6 Å². The molecule has 0 unspecified atom stereocenters. The molecule has 3 rings (SSSR count). The molecule has 3 aliphatic rings. The minimum Gasteiger partial charge on any atom is -0.391 e. The Morgan fingerprint density at radius 2 is 2.00 bits per heavy atom. The van der Waals surface area contributed by atoms with Crippen molar-refractivity contribution in [1.82, 2.24) is 0 Å². The Hall–Kier alpha value is 0.170.